The molecule has 0 heterocycles. The second kappa shape index (κ2) is 5.15. The van der Waals surface area contributed by atoms with Crippen molar-refractivity contribution in [1.82, 2.24) is 5.32 Å². The van der Waals surface area contributed by atoms with Gasteiger partial charge in [0.2, 0.25) is 5.91 Å². The van der Waals surface area contributed by atoms with Crippen LogP contribution in [0.4, 0.5) is 0 Å². The van der Waals surface area contributed by atoms with E-state index in [4.69, 9.17) is 0 Å². The molecule has 14 heavy (non-hydrogen) atoms. The van der Waals surface area contributed by atoms with Gasteiger partial charge >= 0.3 is 0 Å². The second-order valence-electron chi connectivity index (χ2n) is 3.32. The van der Waals surface area contributed by atoms with Gasteiger partial charge in [-0.1, -0.05) is 45.8 Å². The molecule has 0 fully saturated rings. The Hall–Kier alpha value is -0.830. The van der Waals surface area contributed by atoms with Crippen LogP contribution in [-0.2, 0) is 11.3 Å². The first kappa shape index (κ1) is 11.2. The van der Waals surface area contributed by atoms with Gasteiger partial charge < -0.3 is 5.32 Å². The molecule has 0 aliphatic heterocycles. The summed E-state index contributed by atoms with van der Waals surface area (Å²) in [6.07, 6.45) is 0. The van der Waals surface area contributed by atoms with Gasteiger partial charge in [0, 0.05) is 6.54 Å². The minimum Gasteiger partial charge on any atom is -0.351 e. The molecule has 3 heteroatoms. The lowest BCUT2D eigenvalue weighted by Crippen LogP contribution is -2.28. The molecular weight excluding hydrogens is 242 g/mol. The van der Waals surface area contributed by atoms with Crippen molar-refractivity contribution in [2.45, 2.75) is 25.2 Å². The largest absolute Gasteiger partial charge is 0.351 e. The van der Waals surface area contributed by atoms with E-state index in [1.165, 1.54) is 5.56 Å². The third kappa shape index (κ3) is 3.50. The minimum absolute atomic E-state index is 0.0199. The number of alkyl halides is 1. The van der Waals surface area contributed by atoms with Crippen LogP contribution in [-0.4, -0.2) is 10.7 Å². The van der Waals surface area contributed by atoms with Gasteiger partial charge in [0.25, 0.3) is 0 Å². The molecule has 1 aromatic carbocycles. The van der Waals surface area contributed by atoms with Crippen molar-refractivity contribution < 1.29 is 4.79 Å². The predicted molar refractivity (Wildman–Crippen MR) is 61.4 cm³/mol. The van der Waals surface area contributed by atoms with E-state index in [0.717, 1.165) is 5.56 Å². The summed E-state index contributed by atoms with van der Waals surface area (Å²) in [6, 6.07) is 8.11. The number of halogens is 1. The van der Waals surface area contributed by atoms with Gasteiger partial charge in [-0.15, -0.1) is 0 Å². The van der Waals surface area contributed by atoms with Crippen LogP contribution in [0.5, 0.6) is 0 Å². The smallest absolute Gasteiger partial charge is 0.233 e. The molecule has 1 atom stereocenters. The third-order valence-corrected chi connectivity index (χ3v) is 2.33. The Balaban J connectivity index is 2.50. The highest BCUT2D eigenvalue weighted by Gasteiger charge is 2.06. The van der Waals surface area contributed by atoms with Gasteiger partial charge in [-0.05, 0) is 19.4 Å². The molecule has 1 unspecified atom stereocenters. The van der Waals surface area contributed by atoms with E-state index in [1.54, 1.807) is 0 Å². The fraction of sp³-hybridized carbons (Fsp3) is 0.364. The molecule has 1 N–H and O–H groups in total. The van der Waals surface area contributed by atoms with Crippen LogP contribution in [0.25, 0.3) is 0 Å². The summed E-state index contributed by atoms with van der Waals surface area (Å²) < 4.78 is 0. The van der Waals surface area contributed by atoms with Crippen LogP contribution in [0.15, 0.2) is 24.3 Å². The Morgan fingerprint density at radius 1 is 1.57 bits per heavy atom. The van der Waals surface area contributed by atoms with Crippen LogP contribution in [0.3, 0.4) is 0 Å². The maximum Gasteiger partial charge on any atom is 0.233 e. The second-order valence-corrected chi connectivity index (χ2v) is 4.70. The normalized spacial score (nSPS) is 12.2. The molecule has 0 radical (unpaired) electrons. The van der Waals surface area contributed by atoms with E-state index in [1.807, 2.05) is 32.0 Å². The van der Waals surface area contributed by atoms with E-state index in [-0.39, 0.29) is 10.7 Å². The quantitative estimate of drug-likeness (QED) is 0.826. The first-order chi connectivity index (χ1) is 6.59. The van der Waals surface area contributed by atoms with E-state index >= 15 is 0 Å². The molecule has 0 saturated carbocycles. The summed E-state index contributed by atoms with van der Waals surface area (Å²) in [5.41, 5.74) is 2.34. The van der Waals surface area contributed by atoms with Crippen LogP contribution in [0, 0.1) is 6.92 Å². The molecule has 1 amide bonds. The van der Waals surface area contributed by atoms with Crippen molar-refractivity contribution in [2.24, 2.45) is 0 Å². The summed E-state index contributed by atoms with van der Waals surface area (Å²) in [5, 5.41) is 2.84. The molecule has 0 aromatic heterocycles. The highest BCUT2D eigenvalue weighted by atomic mass is 79.9. The number of carbonyl (C=O) groups is 1. The highest BCUT2D eigenvalue weighted by Crippen LogP contribution is 2.04. The number of hydrogen-bond acceptors (Lipinski definition) is 1. The summed E-state index contributed by atoms with van der Waals surface area (Å²) >= 11 is 3.22. The van der Waals surface area contributed by atoms with Crippen LogP contribution in [0.2, 0.25) is 0 Å². The molecule has 0 saturated heterocycles. The number of hydrogen-bond donors (Lipinski definition) is 1. The van der Waals surface area contributed by atoms with Crippen LogP contribution >= 0.6 is 15.9 Å². The Morgan fingerprint density at radius 3 is 2.86 bits per heavy atom. The first-order valence-corrected chi connectivity index (χ1v) is 5.48. The molecule has 76 valence electrons. The summed E-state index contributed by atoms with van der Waals surface area (Å²) in [6.45, 7) is 4.44. The van der Waals surface area contributed by atoms with E-state index in [9.17, 15) is 4.79 Å². The maximum atomic E-state index is 11.2. The summed E-state index contributed by atoms with van der Waals surface area (Å²) in [5.74, 6) is 0.0199. The summed E-state index contributed by atoms with van der Waals surface area (Å²) in [4.78, 5) is 11.1. The molecule has 0 spiro atoms. The van der Waals surface area contributed by atoms with Gasteiger partial charge in [0.15, 0.2) is 0 Å². The van der Waals surface area contributed by atoms with Crippen LogP contribution in [0.1, 0.15) is 18.1 Å². The standard InChI is InChI=1S/C11H14BrNO/c1-8-4-3-5-10(6-8)7-13-11(14)9(2)12/h3-6,9H,7H2,1-2H3,(H,13,14). The number of aryl methyl sites for hydroxylation is 1. The lowest BCUT2D eigenvalue weighted by atomic mass is 10.1. The molecule has 2 nitrogen and oxygen atoms in total. The van der Waals surface area contributed by atoms with Crippen molar-refractivity contribution in [3.8, 4) is 0 Å². The van der Waals surface area contributed by atoms with Crippen molar-refractivity contribution in [3.05, 3.63) is 35.4 Å². The Labute approximate surface area is 92.8 Å². The number of benzene rings is 1. The molecule has 1 aromatic rings. The van der Waals surface area contributed by atoms with Gasteiger partial charge in [0.1, 0.15) is 0 Å². The van der Waals surface area contributed by atoms with Crippen molar-refractivity contribution in [1.29, 1.82) is 0 Å². The third-order valence-electron chi connectivity index (χ3n) is 1.91. The molecule has 0 aliphatic carbocycles. The predicted octanol–water partition coefficient (Wildman–Crippen LogP) is 2.39. The van der Waals surface area contributed by atoms with Gasteiger partial charge in [-0.2, -0.15) is 0 Å². The topological polar surface area (TPSA) is 29.1 Å². The minimum atomic E-state index is -0.132. The van der Waals surface area contributed by atoms with Crippen molar-refractivity contribution in [3.63, 3.8) is 0 Å². The Morgan fingerprint density at radius 2 is 2.29 bits per heavy atom. The highest BCUT2D eigenvalue weighted by molar-refractivity contribution is 9.10. The van der Waals surface area contributed by atoms with Crippen molar-refractivity contribution in [2.75, 3.05) is 0 Å². The molecule has 0 bridgehead atoms. The average molecular weight is 256 g/mol. The zero-order chi connectivity index (χ0) is 10.6. The monoisotopic (exact) mass is 255 g/mol. The van der Waals surface area contributed by atoms with E-state index in [0.29, 0.717) is 6.54 Å². The number of amides is 1. The van der Waals surface area contributed by atoms with Gasteiger partial charge in [-0.25, -0.2) is 0 Å². The molecule has 1 rings (SSSR count). The van der Waals surface area contributed by atoms with Crippen LogP contribution < -0.4 is 5.32 Å². The average Bonchev–Trinajstić information content (AvgIpc) is 2.14. The maximum absolute atomic E-state index is 11.2. The first-order valence-electron chi connectivity index (χ1n) is 4.57. The SMILES string of the molecule is Cc1cccc(CNC(=O)C(C)Br)c1. The Kier molecular flexibility index (Phi) is 4.14. The lowest BCUT2D eigenvalue weighted by molar-refractivity contribution is -0.120. The van der Waals surface area contributed by atoms with Crippen molar-refractivity contribution >= 4 is 21.8 Å². The van der Waals surface area contributed by atoms with Gasteiger partial charge in [0.05, 0.1) is 4.83 Å². The fourth-order valence-electron chi connectivity index (χ4n) is 1.15. The summed E-state index contributed by atoms with van der Waals surface area (Å²) in [7, 11) is 0. The zero-order valence-corrected chi connectivity index (χ0v) is 9.97. The molecular formula is C11H14BrNO. The number of nitrogens with one attached hydrogen (secondary N) is 1. The Bertz CT molecular complexity index is 323. The zero-order valence-electron chi connectivity index (χ0n) is 8.38. The number of carbonyl (C=O) groups excluding carboxylic acids is 1. The van der Waals surface area contributed by atoms with E-state index < -0.39 is 0 Å². The number of rotatable bonds is 3. The van der Waals surface area contributed by atoms with E-state index in [2.05, 4.69) is 27.3 Å². The van der Waals surface area contributed by atoms with Gasteiger partial charge in [-0.3, -0.25) is 4.79 Å². The lowest BCUT2D eigenvalue weighted by Gasteiger charge is -2.06. The molecule has 0 aliphatic rings. The fourth-order valence-corrected chi connectivity index (χ4v) is 1.31.